The summed E-state index contributed by atoms with van der Waals surface area (Å²) in [5.41, 5.74) is 7.53. The second-order valence-electron chi connectivity index (χ2n) is 4.54. The lowest BCUT2D eigenvalue weighted by molar-refractivity contribution is -0.117. The van der Waals surface area contributed by atoms with Crippen LogP contribution in [0.1, 0.15) is 17.2 Å². The van der Waals surface area contributed by atoms with Gasteiger partial charge in [-0.05, 0) is 24.6 Å². The molecule has 0 heterocycles. The summed E-state index contributed by atoms with van der Waals surface area (Å²) in [7, 11) is 0. The Hall–Kier alpha value is -2.27. The molecule has 0 aromatic heterocycles. The lowest BCUT2D eigenvalue weighted by Crippen LogP contribution is -2.27. The van der Waals surface area contributed by atoms with Gasteiger partial charge in [0.2, 0.25) is 5.91 Å². The van der Waals surface area contributed by atoms with E-state index in [2.05, 4.69) is 5.32 Å². The summed E-state index contributed by atoms with van der Waals surface area (Å²) in [5.74, 6) is -2.05. The molecular weight excluding hydrogens is 262 g/mol. The van der Waals surface area contributed by atoms with Gasteiger partial charge < -0.3 is 11.1 Å². The lowest BCUT2D eigenvalue weighted by Gasteiger charge is -2.13. The summed E-state index contributed by atoms with van der Waals surface area (Å²) in [6.45, 7) is 1.92. The van der Waals surface area contributed by atoms with Gasteiger partial charge in [-0.2, -0.15) is 0 Å². The Morgan fingerprint density at radius 3 is 2.20 bits per heavy atom. The first-order valence-electron chi connectivity index (χ1n) is 6.05. The average molecular weight is 276 g/mol. The number of carbonyl (C=O) groups excluding carboxylic acids is 1. The fraction of sp³-hybridized carbons (Fsp3) is 0.133. The smallest absolute Gasteiger partial charge is 0.245 e. The van der Waals surface area contributed by atoms with Crippen molar-refractivity contribution in [3.8, 4) is 0 Å². The zero-order valence-corrected chi connectivity index (χ0v) is 10.9. The van der Waals surface area contributed by atoms with Gasteiger partial charge in [0.1, 0.15) is 17.7 Å². The van der Waals surface area contributed by atoms with Gasteiger partial charge in [0.15, 0.2) is 0 Å². The molecule has 1 atom stereocenters. The van der Waals surface area contributed by atoms with E-state index in [1.54, 1.807) is 12.1 Å². The van der Waals surface area contributed by atoms with E-state index in [1.807, 2.05) is 19.1 Å². The number of anilines is 1. The van der Waals surface area contributed by atoms with E-state index in [9.17, 15) is 13.6 Å². The molecule has 0 bridgehead atoms. The maximum Gasteiger partial charge on any atom is 0.245 e. The molecule has 1 amide bonds. The third kappa shape index (κ3) is 3.39. The van der Waals surface area contributed by atoms with Crippen LogP contribution in [0.2, 0.25) is 0 Å². The number of hydrogen-bond acceptors (Lipinski definition) is 2. The first-order valence-corrected chi connectivity index (χ1v) is 6.05. The highest BCUT2D eigenvalue weighted by atomic mass is 19.1. The van der Waals surface area contributed by atoms with Crippen LogP contribution in [-0.4, -0.2) is 5.91 Å². The fourth-order valence-electron chi connectivity index (χ4n) is 1.77. The Morgan fingerprint density at radius 1 is 1.10 bits per heavy atom. The van der Waals surface area contributed by atoms with Crippen molar-refractivity contribution in [1.82, 2.24) is 0 Å². The average Bonchev–Trinajstić information content (AvgIpc) is 2.37. The maximum absolute atomic E-state index is 13.0. The molecule has 104 valence electrons. The summed E-state index contributed by atoms with van der Waals surface area (Å²) in [6.07, 6.45) is 0. The molecule has 0 fully saturated rings. The number of carbonyl (C=O) groups is 1. The lowest BCUT2D eigenvalue weighted by atomic mass is 10.1. The van der Waals surface area contributed by atoms with Crippen molar-refractivity contribution < 1.29 is 13.6 Å². The number of rotatable bonds is 3. The largest absolute Gasteiger partial charge is 0.324 e. The van der Waals surface area contributed by atoms with Gasteiger partial charge in [-0.1, -0.05) is 29.8 Å². The highest BCUT2D eigenvalue weighted by Crippen LogP contribution is 2.17. The Balaban J connectivity index is 2.13. The Labute approximate surface area is 115 Å². The number of halogens is 2. The van der Waals surface area contributed by atoms with Crippen molar-refractivity contribution in [1.29, 1.82) is 0 Å². The number of amides is 1. The topological polar surface area (TPSA) is 55.1 Å². The monoisotopic (exact) mass is 276 g/mol. The van der Waals surface area contributed by atoms with E-state index in [0.717, 1.165) is 23.8 Å². The molecule has 0 radical (unpaired) electrons. The third-order valence-electron chi connectivity index (χ3n) is 2.85. The SMILES string of the molecule is Cc1ccc(C(N)C(=O)Nc2cc(F)cc(F)c2)cc1. The van der Waals surface area contributed by atoms with Crippen LogP contribution in [0.4, 0.5) is 14.5 Å². The minimum Gasteiger partial charge on any atom is -0.324 e. The van der Waals surface area contributed by atoms with Gasteiger partial charge in [0, 0.05) is 11.8 Å². The zero-order chi connectivity index (χ0) is 14.7. The highest BCUT2D eigenvalue weighted by Gasteiger charge is 2.16. The number of aryl methyl sites for hydroxylation is 1. The standard InChI is InChI=1S/C15H14F2N2O/c1-9-2-4-10(5-3-9)14(18)15(20)19-13-7-11(16)6-12(17)8-13/h2-8,14H,18H2,1H3,(H,19,20). The van der Waals surface area contributed by atoms with Gasteiger partial charge in [-0.25, -0.2) is 8.78 Å². The van der Waals surface area contributed by atoms with Gasteiger partial charge >= 0.3 is 0 Å². The van der Waals surface area contributed by atoms with Crippen LogP contribution in [0.15, 0.2) is 42.5 Å². The predicted octanol–water partition coefficient (Wildman–Crippen LogP) is 2.91. The minimum atomic E-state index is -0.901. The number of benzene rings is 2. The van der Waals surface area contributed by atoms with Gasteiger partial charge in [-0.3, -0.25) is 4.79 Å². The number of nitrogens with two attached hydrogens (primary N) is 1. The number of hydrogen-bond donors (Lipinski definition) is 2. The van der Waals surface area contributed by atoms with Crippen LogP contribution < -0.4 is 11.1 Å². The summed E-state index contributed by atoms with van der Waals surface area (Å²) < 4.78 is 26.0. The highest BCUT2D eigenvalue weighted by molar-refractivity contribution is 5.95. The summed E-state index contributed by atoms with van der Waals surface area (Å²) in [6, 6.07) is 9.05. The maximum atomic E-state index is 13.0. The molecule has 3 nitrogen and oxygen atoms in total. The summed E-state index contributed by atoms with van der Waals surface area (Å²) in [5, 5.41) is 2.39. The molecule has 0 aliphatic heterocycles. The van der Waals surface area contributed by atoms with Crippen LogP contribution in [0.25, 0.3) is 0 Å². The van der Waals surface area contributed by atoms with E-state index in [4.69, 9.17) is 5.73 Å². The van der Waals surface area contributed by atoms with Crippen LogP contribution >= 0.6 is 0 Å². The Bertz CT molecular complexity index is 606. The second kappa shape index (κ2) is 5.79. The molecule has 2 aromatic carbocycles. The van der Waals surface area contributed by atoms with Gasteiger partial charge in [0.05, 0.1) is 0 Å². The molecule has 20 heavy (non-hydrogen) atoms. The van der Waals surface area contributed by atoms with Crippen molar-refractivity contribution in [3.05, 3.63) is 65.2 Å². The van der Waals surface area contributed by atoms with E-state index < -0.39 is 23.6 Å². The molecule has 0 spiro atoms. The van der Waals surface area contributed by atoms with E-state index in [-0.39, 0.29) is 5.69 Å². The second-order valence-corrected chi connectivity index (χ2v) is 4.54. The van der Waals surface area contributed by atoms with Crippen LogP contribution in [-0.2, 0) is 4.79 Å². The number of nitrogens with one attached hydrogen (secondary N) is 1. The summed E-state index contributed by atoms with van der Waals surface area (Å²) >= 11 is 0. The molecule has 0 aliphatic carbocycles. The van der Waals surface area contributed by atoms with E-state index >= 15 is 0 Å². The fourth-order valence-corrected chi connectivity index (χ4v) is 1.77. The van der Waals surface area contributed by atoms with Crippen molar-refractivity contribution in [2.75, 3.05) is 5.32 Å². The van der Waals surface area contributed by atoms with Crippen molar-refractivity contribution in [2.45, 2.75) is 13.0 Å². The van der Waals surface area contributed by atoms with E-state index in [0.29, 0.717) is 5.56 Å². The van der Waals surface area contributed by atoms with Crippen LogP contribution in [0, 0.1) is 18.6 Å². The molecule has 2 rings (SSSR count). The first-order chi connectivity index (χ1) is 9.45. The van der Waals surface area contributed by atoms with Crippen LogP contribution in [0.3, 0.4) is 0 Å². The quantitative estimate of drug-likeness (QED) is 0.905. The van der Waals surface area contributed by atoms with Crippen molar-refractivity contribution in [3.63, 3.8) is 0 Å². The van der Waals surface area contributed by atoms with Crippen molar-refractivity contribution in [2.24, 2.45) is 5.73 Å². The first kappa shape index (κ1) is 14.1. The van der Waals surface area contributed by atoms with Crippen LogP contribution in [0.5, 0.6) is 0 Å². The molecular formula is C15H14F2N2O. The molecule has 5 heteroatoms. The van der Waals surface area contributed by atoms with Gasteiger partial charge in [0.25, 0.3) is 0 Å². The normalized spacial score (nSPS) is 12.0. The summed E-state index contributed by atoms with van der Waals surface area (Å²) in [4.78, 5) is 11.9. The molecule has 0 saturated carbocycles. The van der Waals surface area contributed by atoms with Gasteiger partial charge in [-0.15, -0.1) is 0 Å². The Kier molecular flexibility index (Phi) is 4.10. The zero-order valence-electron chi connectivity index (χ0n) is 10.9. The predicted molar refractivity (Wildman–Crippen MR) is 73.1 cm³/mol. The molecule has 2 aromatic rings. The molecule has 3 N–H and O–H groups in total. The molecule has 1 unspecified atom stereocenters. The molecule has 0 aliphatic rings. The Morgan fingerprint density at radius 2 is 1.65 bits per heavy atom. The van der Waals surface area contributed by atoms with E-state index in [1.165, 1.54) is 0 Å². The minimum absolute atomic E-state index is 0.0371. The molecule has 0 saturated heterocycles. The van der Waals surface area contributed by atoms with Crippen molar-refractivity contribution >= 4 is 11.6 Å². The third-order valence-corrected chi connectivity index (χ3v) is 2.85.